The van der Waals surface area contributed by atoms with Crippen molar-refractivity contribution in [1.29, 1.82) is 0 Å². The Kier molecular flexibility index (Phi) is 1.94. The molecule has 0 saturated carbocycles. The molecule has 1 aliphatic heterocycles. The zero-order valence-corrected chi connectivity index (χ0v) is 6.92. The highest BCUT2D eigenvalue weighted by Crippen LogP contribution is 2.24. The Bertz CT molecular complexity index is 242. The second-order valence-electron chi connectivity index (χ2n) is 2.61. The Morgan fingerprint density at radius 1 is 1.55 bits per heavy atom. The molecule has 1 atom stereocenters. The number of aliphatic imine (C=N–C) groups is 1. The van der Waals surface area contributed by atoms with Gasteiger partial charge in [-0.05, 0) is 37.0 Å². The predicted octanol–water partition coefficient (Wildman–Crippen LogP) is 1.83. The number of hydrogen-bond acceptors (Lipinski definition) is 4. The normalized spacial score (nSPS) is 23.8. The number of hydrogen-bond donors (Lipinski definition) is 0. The van der Waals surface area contributed by atoms with Crippen LogP contribution in [0.1, 0.15) is 31.0 Å². The van der Waals surface area contributed by atoms with E-state index in [1.807, 2.05) is 11.6 Å². The fraction of sp³-hybridized carbons (Fsp3) is 0.571. The molecule has 0 aliphatic carbocycles. The summed E-state index contributed by atoms with van der Waals surface area (Å²) in [5, 5.41) is 5.97. The van der Waals surface area contributed by atoms with Crippen molar-refractivity contribution in [2.45, 2.75) is 25.3 Å². The predicted molar refractivity (Wildman–Crippen MR) is 45.0 cm³/mol. The van der Waals surface area contributed by atoms with Crippen molar-refractivity contribution in [3.8, 4) is 0 Å². The first-order valence-corrected chi connectivity index (χ1v) is 4.59. The number of rotatable bonds is 1. The van der Waals surface area contributed by atoms with Gasteiger partial charge in [-0.25, -0.2) is 0 Å². The maximum atomic E-state index is 4.35. The van der Waals surface area contributed by atoms with Crippen molar-refractivity contribution in [1.82, 2.24) is 9.59 Å². The molecular weight excluding hydrogens is 158 g/mol. The summed E-state index contributed by atoms with van der Waals surface area (Å²) in [6.45, 7) is 0. The third-order valence-electron chi connectivity index (χ3n) is 1.81. The maximum absolute atomic E-state index is 4.35. The van der Waals surface area contributed by atoms with Gasteiger partial charge in [-0.2, -0.15) is 0 Å². The number of aromatic nitrogens is 2. The molecule has 0 N–H and O–H groups in total. The van der Waals surface area contributed by atoms with Crippen molar-refractivity contribution >= 4 is 17.7 Å². The van der Waals surface area contributed by atoms with E-state index < -0.39 is 0 Å². The van der Waals surface area contributed by atoms with Gasteiger partial charge in [0, 0.05) is 5.38 Å². The van der Waals surface area contributed by atoms with E-state index >= 15 is 0 Å². The van der Waals surface area contributed by atoms with E-state index in [4.69, 9.17) is 0 Å². The van der Waals surface area contributed by atoms with Crippen LogP contribution in [0.3, 0.4) is 0 Å². The Balaban J connectivity index is 2.16. The van der Waals surface area contributed by atoms with Crippen LogP contribution < -0.4 is 0 Å². The van der Waals surface area contributed by atoms with Crippen LogP contribution in [0, 0.1) is 0 Å². The van der Waals surface area contributed by atoms with Crippen LogP contribution in [-0.2, 0) is 0 Å². The summed E-state index contributed by atoms with van der Waals surface area (Å²) in [7, 11) is 0. The summed E-state index contributed by atoms with van der Waals surface area (Å²) in [6.07, 6.45) is 5.47. The van der Waals surface area contributed by atoms with E-state index in [1.54, 1.807) is 0 Å². The molecule has 2 heterocycles. The lowest BCUT2D eigenvalue weighted by atomic mass is 10.1. The fourth-order valence-electron chi connectivity index (χ4n) is 1.22. The van der Waals surface area contributed by atoms with Gasteiger partial charge in [-0.15, -0.1) is 5.10 Å². The first kappa shape index (κ1) is 6.91. The monoisotopic (exact) mass is 167 g/mol. The average Bonchev–Trinajstić information content (AvgIpc) is 2.58. The van der Waals surface area contributed by atoms with Crippen LogP contribution in [0.4, 0.5) is 0 Å². The fourth-order valence-corrected chi connectivity index (χ4v) is 1.72. The van der Waals surface area contributed by atoms with Gasteiger partial charge in [-0.3, -0.25) is 4.99 Å². The molecule has 0 saturated heterocycles. The molecule has 0 spiro atoms. The summed E-state index contributed by atoms with van der Waals surface area (Å²) in [5.41, 5.74) is 1.03. The smallest absolute Gasteiger partial charge is 0.1000 e. The van der Waals surface area contributed by atoms with Gasteiger partial charge in [-0.1, -0.05) is 4.49 Å². The lowest BCUT2D eigenvalue weighted by Gasteiger charge is -2.11. The third kappa shape index (κ3) is 1.45. The molecule has 0 bridgehead atoms. The Morgan fingerprint density at radius 2 is 2.55 bits per heavy atom. The standard InChI is InChI=1S/C7H9N3S/c1-2-4-8-6(3-1)7-5-11-10-9-7/h4-6H,1-3H2. The molecule has 1 aromatic rings. The van der Waals surface area contributed by atoms with Crippen LogP contribution in [0.25, 0.3) is 0 Å². The molecule has 0 radical (unpaired) electrons. The molecule has 1 aromatic heterocycles. The third-order valence-corrected chi connectivity index (χ3v) is 2.34. The zero-order valence-electron chi connectivity index (χ0n) is 6.10. The minimum absolute atomic E-state index is 0.294. The van der Waals surface area contributed by atoms with Crippen molar-refractivity contribution in [2.75, 3.05) is 0 Å². The van der Waals surface area contributed by atoms with Crippen LogP contribution in [0.2, 0.25) is 0 Å². The molecule has 1 unspecified atom stereocenters. The molecule has 2 rings (SSSR count). The van der Waals surface area contributed by atoms with Gasteiger partial charge in [0.05, 0.1) is 11.7 Å². The van der Waals surface area contributed by atoms with E-state index in [0.717, 1.165) is 18.5 Å². The zero-order chi connectivity index (χ0) is 7.52. The highest BCUT2D eigenvalue weighted by molar-refractivity contribution is 7.03. The summed E-state index contributed by atoms with van der Waals surface area (Å²) >= 11 is 1.40. The van der Waals surface area contributed by atoms with Crippen molar-refractivity contribution < 1.29 is 0 Å². The highest BCUT2D eigenvalue weighted by Gasteiger charge is 2.13. The largest absolute Gasteiger partial charge is 0.288 e. The molecule has 1 aliphatic rings. The first-order valence-electron chi connectivity index (χ1n) is 3.75. The summed E-state index contributed by atoms with van der Waals surface area (Å²) < 4.78 is 3.82. The van der Waals surface area contributed by atoms with Crippen molar-refractivity contribution in [3.63, 3.8) is 0 Å². The topological polar surface area (TPSA) is 38.1 Å². The van der Waals surface area contributed by atoms with E-state index in [2.05, 4.69) is 14.6 Å². The SMILES string of the molecule is C1=NC(c2csnn2)CCC1. The number of nitrogens with zero attached hydrogens (tertiary/aromatic N) is 3. The second-order valence-corrected chi connectivity index (χ2v) is 3.22. The summed E-state index contributed by atoms with van der Waals surface area (Å²) in [6, 6.07) is 0.294. The van der Waals surface area contributed by atoms with E-state index in [0.29, 0.717) is 6.04 Å². The van der Waals surface area contributed by atoms with Gasteiger partial charge in [0.15, 0.2) is 0 Å². The summed E-state index contributed by atoms with van der Waals surface area (Å²) in [5.74, 6) is 0. The Hall–Kier alpha value is -0.770. The van der Waals surface area contributed by atoms with Gasteiger partial charge < -0.3 is 0 Å². The first-order chi connectivity index (χ1) is 5.47. The van der Waals surface area contributed by atoms with Crippen molar-refractivity contribution in [2.24, 2.45) is 4.99 Å². The van der Waals surface area contributed by atoms with Gasteiger partial charge >= 0.3 is 0 Å². The van der Waals surface area contributed by atoms with Gasteiger partial charge in [0.1, 0.15) is 0 Å². The average molecular weight is 167 g/mol. The van der Waals surface area contributed by atoms with E-state index in [9.17, 15) is 0 Å². The Morgan fingerprint density at radius 3 is 3.18 bits per heavy atom. The minimum atomic E-state index is 0.294. The quantitative estimate of drug-likeness (QED) is 0.640. The molecule has 58 valence electrons. The lowest BCUT2D eigenvalue weighted by molar-refractivity contribution is 0.588. The van der Waals surface area contributed by atoms with Gasteiger partial charge in [0.25, 0.3) is 0 Å². The molecule has 11 heavy (non-hydrogen) atoms. The molecule has 3 nitrogen and oxygen atoms in total. The molecular formula is C7H9N3S. The van der Waals surface area contributed by atoms with E-state index in [-0.39, 0.29) is 0 Å². The van der Waals surface area contributed by atoms with Crippen LogP contribution >= 0.6 is 11.5 Å². The van der Waals surface area contributed by atoms with Crippen LogP contribution in [0.15, 0.2) is 10.4 Å². The van der Waals surface area contributed by atoms with E-state index in [1.165, 1.54) is 18.0 Å². The molecule has 0 fully saturated rings. The molecule has 0 aromatic carbocycles. The Labute approximate surface area is 69.3 Å². The van der Waals surface area contributed by atoms with Gasteiger partial charge in [0.2, 0.25) is 0 Å². The lowest BCUT2D eigenvalue weighted by Crippen LogP contribution is -2.01. The molecule has 0 amide bonds. The summed E-state index contributed by atoms with van der Waals surface area (Å²) in [4.78, 5) is 4.35. The highest BCUT2D eigenvalue weighted by atomic mass is 32.1. The maximum Gasteiger partial charge on any atom is 0.1000 e. The molecule has 4 heteroatoms. The van der Waals surface area contributed by atoms with Crippen molar-refractivity contribution in [3.05, 3.63) is 11.1 Å². The van der Waals surface area contributed by atoms with Crippen LogP contribution in [0.5, 0.6) is 0 Å². The minimum Gasteiger partial charge on any atom is -0.288 e. The second kappa shape index (κ2) is 3.09. The van der Waals surface area contributed by atoms with Crippen LogP contribution in [-0.4, -0.2) is 15.8 Å².